The lowest BCUT2D eigenvalue weighted by Crippen LogP contribution is -1.97. The predicted octanol–water partition coefficient (Wildman–Crippen LogP) is 2.40. The number of nitrogens with zero attached hydrogens (tertiary/aromatic N) is 2. The summed E-state index contributed by atoms with van der Waals surface area (Å²) in [5, 5.41) is 9.88. The van der Waals surface area contributed by atoms with Crippen molar-refractivity contribution in [3.63, 3.8) is 0 Å². The smallest absolute Gasteiger partial charge is 0.347 e. The first-order valence-corrected chi connectivity index (χ1v) is 6.66. The fraction of sp³-hybridized carbons (Fsp3) is 0.308. The van der Waals surface area contributed by atoms with Crippen LogP contribution >= 0.6 is 11.3 Å². The second kappa shape index (κ2) is 5.79. The Balaban J connectivity index is 2.20. The third-order valence-corrected chi connectivity index (χ3v) is 3.72. The van der Waals surface area contributed by atoms with Crippen LogP contribution < -0.4 is 4.74 Å². The van der Waals surface area contributed by atoms with Gasteiger partial charge in [0, 0.05) is 18.7 Å². The predicted molar refractivity (Wildman–Crippen MR) is 72.0 cm³/mol. The topological polar surface area (TPSA) is 72.3 Å². The molecule has 0 saturated carbocycles. The van der Waals surface area contributed by atoms with Crippen molar-refractivity contribution >= 4 is 17.3 Å². The zero-order valence-electron chi connectivity index (χ0n) is 10.7. The number of hydrogen-bond acceptors (Lipinski definition) is 5. The molecule has 2 aromatic rings. The molecule has 0 aliphatic carbocycles. The summed E-state index contributed by atoms with van der Waals surface area (Å²) in [4.78, 5) is 19.9. The van der Waals surface area contributed by atoms with Crippen molar-refractivity contribution in [2.24, 2.45) is 0 Å². The van der Waals surface area contributed by atoms with E-state index >= 15 is 0 Å². The van der Waals surface area contributed by atoms with Gasteiger partial charge in [0.2, 0.25) is 5.88 Å². The molecule has 0 radical (unpaired) electrons. The minimum Gasteiger partial charge on any atom is -0.481 e. The lowest BCUT2D eigenvalue weighted by Gasteiger charge is -2.00. The SMILES string of the molecule is CCc1nc(Cc2ccc(OC)nc2)sc1C(=O)O. The van der Waals surface area contributed by atoms with Crippen LogP contribution in [0.5, 0.6) is 5.88 Å². The summed E-state index contributed by atoms with van der Waals surface area (Å²) in [7, 11) is 1.56. The van der Waals surface area contributed by atoms with Crippen LogP contribution in [0.4, 0.5) is 0 Å². The van der Waals surface area contributed by atoms with Crippen molar-refractivity contribution in [3.05, 3.63) is 39.5 Å². The van der Waals surface area contributed by atoms with E-state index < -0.39 is 5.97 Å². The van der Waals surface area contributed by atoms with E-state index in [1.54, 1.807) is 19.4 Å². The molecular formula is C13H14N2O3S. The number of ether oxygens (including phenoxy) is 1. The molecule has 0 aliphatic rings. The average Bonchev–Trinajstić information content (AvgIpc) is 2.83. The van der Waals surface area contributed by atoms with E-state index in [-0.39, 0.29) is 0 Å². The number of rotatable bonds is 5. The van der Waals surface area contributed by atoms with Gasteiger partial charge in [0.15, 0.2) is 0 Å². The van der Waals surface area contributed by atoms with E-state index in [4.69, 9.17) is 9.84 Å². The monoisotopic (exact) mass is 278 g/mol. The highest BCUT2D eigenvalue weighted by Crippen LogP contribution is 2.22. The molecule has 2 heterocycles. The molecule has 2 rings (SSSR count). The molecule has 19 heavy (non-hydrogen) atoms. The maximum atomic E-state index is 11.1. The van der Waals surface area contributed by atoms with Crippen molar-refractivity contribution < 1.29 is 14.6 Å². The summed E-state index contributed by atoms with van der Waals surface area (Å²) in [5.74, 6) is -0.350. The number of aromatic nitrogens is 2. The Hall–Kier alpha value is -1.95. The highest BCUT2D eigenvalue weighted by molar-refractivity contribution is 7.13. The molecular weight excluding hydrogens is 264 g/mol. The van der Waals surface area contributed by atoms with E-state index in [1.807, 2.05) is 13.0 Å². The van der Waals surface area contributed by atoms with Gasteiger partial charge in [-0.05, 0) is 12.0 Å². The van der Waals surface area contributed by atoms with Gasteiger partial charge in [-0.25, -0.2) is 14.8 Å². The van der Waals surface area contributed by atoms with Gasteiger partial charge in [0.25, 0.3) is 0 Å². The van der Waals surface area contributed by atoms with Gasteiger partial charge < -0.3 is 9.84 Å². The molecule has 0 fully saturated rings. The molecule has 100 valence electrons. The lowest BCUT2D eigenvalue weighted by atomic mass is 10.2. The van der Waals surface area contributed by atoms with Crippen LogP contribution in [0.2, 0.25) is 0 Å². The van der Waals surface area contributed by atoms with Crippen LogP contribution in [-0.4, -0.2) is 28.2 Å². The summed E-state index contributed by atoms with van der Waals surface area (Å²) >= 11 is 1.23. The molecule has 2 aromatic heterocycles. The first kappa shape index (κ1) is 13.5. The summed E-state index contributed by atoms with van der Waals surface area (Å²) in [6.45, 7) is 1.90. The summed E-state index contributed by atoms with van der Waals surface area (Å²) in [6, 6.07) is 3.68. The van der Waals surface area contributed by atoms with E-state index in [9.17, 15) is 4.79 Å². The second-order valence-electron chi connectivity index (χ2n) is 3.93. The van der Waals surface area contributed by atoms with Gasteiger partial charge in [0.1, 0.15) is 4.88 Å². The molecule has 0 amide bonds. The molecule has 0 atom stereocenters. The maximum absolute atomic E-state index is 11.1. The van der Waals surface area contributed by atoms with Crippen LogP contribution in [0.1, 0.15) is 32.9 Å². The van der Waals surface area contributed by atoms with Gasteiger partial charge in [-0.2, -0.15) is 0 Å². The quantitative estimate of drug-likeness (QED) is 0.909. The molecule has 0 spiro atoms. The number of thiazole rings is 1. The Labute approximate surface area is 114 Å². The first-order valence-electron chi connectivity index (χ1n) is 5.84. The highest BCUT2D eigenvalue weighted by Gasteiger charge is 2.16. The Kier molecular flexibility index (Phi) is 4.11. The number of pyridine rings is 1. The normalized spacial score (nSPS) is 10.4. The third-order valence-electron chi connectivity index (χ3n) is 2.63. The molecule has 5 nitrogen and oxygen atoms in total. The van der Waals surface area contributed by atoms with Crippen LogP contribution in [-0.2, 0) is 12.8 Å². The van der Waals surface area contributed by atoms with Crippen molar-refractivity contribution in [2.45, 2.75) is 19.8 Å². The van der Waals surface area contributed by atoms with Gasteiger partial charge in [-0.3, -0.25) is 0 Å². The number of carboxylic acids is 1. The van der Waals surface area contributed by atoms with Crippen molar-refractivity contribution in [3.8, 4) is 5.88 Å². The van der Waals surface area contributed by atoms with E-state index in [0.717, 1.165) is 10.6 Å². The van der Waals surface area contributed by atoms with Crippen LogP contribution in [0, 0.1) is 0 Å². The number of aromatic carboxylic acids is 1. The molecule has 0 saturated heterocycles. The number of methoxy groups -OCH3 is 1. The van der Waals surface area contributed by atoms with Gasteiger partial charge in [-0.1, -0.05) is 13.0 Å². The molecule has 0 aliphatic heterocycles. The van der Waals surface area contributed by atoms with Crippen molar-refractivity contribution in [1.29, 1.82) is 0 Å². The van der Waals surface area contributed by atoms with Gasteiger partial charge in [-0.15, -0.1) is 11.3 Å². The number of aryl methyl sites for hydroxylation is 1. The second-order valence-corrected chi connectivity index (χ2v) is 5.01. The van der Waals surface area contributed by atoms with Crippen LogP contribution in [0.3, 0.4) is 0 Å². The summed E-state index contributed by atoms with van der Waals surface area (Å²) in [5.41, 5.74) is 1.63. The molecule has 0 aromatic carbocycles. The van der Waals surface area contributed by atoms with Crippen molar-refractivity contribution in [1.82, 2.24) is 9.97 Å². The lowest BCUT2D eigenvalue weighted by molar-refractivity contribution is 0.0701. The van der Waals surface area contributed by atoms with Crippen LogP contribution in [0.25, 0.3) is 0 Å². The zero-order valence-corrected chi connectivity index (χ0v) is 11.5. The summed E-state index contributed by atoms with van der Waals surface area (Å²) < 4.78 is 4.99. The average molecular weight is 278 g/mol. The molecule has 6 heteroatoms. The van der Waals surface area contributed by atoms with Gasteiger partial charge in [0.05, 0.1) is 17.8 Å². The van der Waals surface area contributed by atoms with Crippen LogP contribution in [0.15, 0.2) is 18.3 Å². The highest BCUT2D eigenvalue weighted by atomic mass is 32.1. The number of carboxylic acid groups (broad SMARTS) is 1. The van der Waals surface area contributed by atoms with Gasteiger partial charge >= 0.3 is 5.97 Å². The number of carbonyl (C=O) groups is 1. The summed E-state index contributed by atoms with van der Waals surface area (Å²) in [6.07, 6.45) is 2.92. The Morgan fingerprint density at radius 3 is 2.74 bits per heavy atom. The minimum absolute atomic E-state index is 0.332. The fourth-order valence-electron chi connectivity index (χ4n) is 1.69. The van der Waals surface area contributed by atoms with E-state index in [2.05, 4.69) is 9.97 Å². The largest absolute Gasteiger partial charge is 0.481 e. The van der Waals surface area contributed by atoms with Crippen molar-refractivity contribution in [2.75, 3.05) is 7.11 Å². The van der Waals surface area contributed by atoms with E-state index in [0.29, 0.717) is 29.3 Å². The Morgan fingerprint density at radius 1 is 1.47 bits per heavy atom. The molecule has 1 N–H and O–H groups in total. The molecule has 0 unspecified atom stereocenters. The minimum atomic E-state index is -0.909. The standard InChI is InChI=1S/C13H14N2O3S/c1-3-9-12(13(16)17)19-11(15-9)6-8-4-5-10(18-2)14-7-8/h4-5,7H,3,6H2,1-2H3,(H,16,17). The Bertz CT molecular complexity index is 578. The molecule has 0 bridgehead atoms. The maximum Gasteiger partial charge on any atom is 0.347 e. The third kappa shape index (κ3) is 3.08. The fourth-order valence-corrected chi connectivity index (χ4v) is 2.72. The zero-order chi connectivity index (χ0) is 13.8. The Morgan fingerprint density at radius 2 is 2.26 bits per heavy atom. The number of hydrogen-bond donors (Lipinski definition) is 1. The van der Waals surface area contributed by atoms with E-state index in [1.165, 1.54) is 11.3 Å². The first-order chi connectivity index (χ1) is 9.13.